The Morgan fingerprint density at radius 1 is 0.702 bits per heavy atom. The van der Waals surface area contributed by atoms with Crippen LogP contribution in [0.15, 0.2) is 23.1 Å². The van der Waals surface area contributed by atoms with Crippen molar-refractivity contribution in [1.29, 1.82) is 0 Å². The highest BCUT2D eigenvalue weighted by atomic mass is 32.2. The molecule has 2 heterocycles. The van der Waals surface area contributed by atoms with Crippen molar-refractivity contribution in [3.8, 4) is 0 Å². The van der Waals surface area contributed by atoms with E-state index in [2.05, 4.69) is 37.1 Å². The highest BCUT2D eigenvalue weighted by Gasteiger charge is 2.31. The quantitative estimate of drug-likeness (QED) is 0.160. The van der Waals surface area contributed by atoms with Gasteiger partial charge in [0.25, 0.3) is 23.6 Å². The number of nitrogens with one attached hydrogen (secondary N) is 2. The maximum absolute atomic E-state index is 12.2. The molecule has 0 aliphatic carbocycles. The minimum absolute atomic E-state index is 0.0659. The van der Waals surface area contributed by atoms with Gasteiger partial charge in [-0.25, -0.2) is 0 Å². The van der Waals surface area contributed by atoms with Gasteiger partial charge in [-0.05, 0) is 13.8 Å². The summed E-state index contributed by atoms with van der Waals surface area (Å²) in [7, 11) is 0. The monoisotopic (exact) mass is 700 g/mol. The summed E-state index contributed by atoms with van der Waals surface area (Å²) < 4.78 is 0. The van der Waals surface area contributed by atoms with E-state index in [-0.39, 0.29) is 65.2 Å². The number of thioether (sulfide) groups is 1. The Bertz CT molecular complexity index is 1020. The summed E-state index contributed by atoms with van der Waals surface area (Å²) in [6, 6.07) is 0.119. The SMILES string of the molecule is CC.CC(C)N[C@@H](CS)C(=O)C(C)C.CCC.CCN1C(=O)C=C(SC[C@H](NC(C)C)C(=O)C(C)C)C1=O.CCN1C(=O)C=CC1=O. The highest BCUT2D eigenvalue weighted by Crippen LogP contribution is 2.25. The summed E-state index contributed by atoms with van der Waals surface area (Å²) in [6.45, 7) is 28.2. The second kappa shape index (κ2) is 27.6. The van der Waals surface area contributed by atoms with Crippen LogP contribution in [0.3, 0.4) is 0 Å². The Hall–Kier alpha value is -2.28. The number of ketones is 2. The molecule has 0 radical (unpaired) electrons. The zero-order valence-corrected chi connectivity index (χ0v) is 33.1. The summed E-state index contributed by atoms with van der Waals surface area (Å²) in [5, 5.41) is 6.41. The second-order valence-electron chi connectivity index (χ2n) is 11.7. The molecule has 0 aromatic carbocycles. The summed E-state index contributed by atoms with van der Waals surface area (Å²) in [6.07, 6.45) is 5.18. The van der Waals surface area contributed by atoms with Crippen molar-refractivity contribution in [2.75, 3.05) is 24.6 Å². The second-order valence-corrected chi connectivity index (χ2v) is 13.1. The first-order valence-corrected chi connectivity index (χ1v) is 18.5. The number of nitrogens with zero attached hydrogens (tertiary/aromatic N) is 2. The van der Waals surface area contributed by atoms with Crippen molar-refractivity contribution in [1.82, 2.24) is 20.4 Å². The molecule has 2 N–H and O–H groups in total. The molecule has 4 amide bonds. The van der Waals surface area contributed by atoms with Crippen LogP contribution in [-0.4, -0.2) is 93.8 Å². The van der Waals surface area contributed by atoms with E-state index in [0.717, 1.165) is 0 Å². The van der Waals surface area contributed by atoms with Gasteiger partial charge in [0, 0.05) is 66.7 Å². The zero-order valence-electron chi connectivity index (χ0n) is 31.4. The molecule has 0 spiro atoms. The van der Waals surface area contributed by atoms with Gasteiger partial charge >= 0.3 is 0 Å². The predicted octanol–water partition coefficient (Wildman–Crippen LogP) is 5.47. The highest BCUT2D eigenvalue weighted by molar-refractivity contribution is 8.04. The van der Waals surface area contributed by atoms with Crippen molar-refractivity contribution in [3.05, 3.63) is 23.1 Å². The minimum atomic E-state index is -0.311. The summed E-state index contributed by atoms with van der Waals surface area (Å²) in [4.78, 5) is 71.4. The molecule has 0 saturated heterocycles. The largest absolute Gasteiger partial charge is 0.305 e. The Morgan fingerprint density at radius 3 is 1.38 bits per heavy atom. The molecule has 0 bridgehead atoms. The van der Waals surface area contributed by atoms with Crippen LogP contribution in [0.2, 0.25) is 0 Å². The lowest BCUT2D eigenvalue weighted by atomic mass is 10.0. The fourth-order valence-electron chi connectivity index (χ4n) is 3.85. The third-order valence-corrected chi connectivity index (χ3v) is 7.46. The molecule has 272 valence electrons. The van der Waals surface area contributed by atoms with Crippen molar-refractivity contribution in [2.24, 2.45) is 11.8 Å². The van der Waals surface area contributed by atoms with E-state index in [4.69, 9.17) is 0 Å². The number of hydrogen-bond donors (Lipinski definition) is 3. The van der Waals surface area contributed by atoms with Crippen molar-refractivity contribution in [3.63, 3.8) is 0 Å². The normalized spacial score (nSPS) is 15.0. The molecule has 10 nitrogen and oxygen atoms in total. The zero-order chi connectivity index (χ0) is 37.4. The van der Waals surface area contributed by atoms with Crippen LogP contribution in [0, 0.1) is 11.8 Å². The number of amides is 4. The van der Waals surface area contributed by atoms with Gasteiger partial charge in [0.2, 0.25) is 0 Å². The lowest BCUT2D eigenvalue weighted by Gasteiger charge is -2.21. The topological polar surface area (TPSA) is 133 Å². The van der Waals surface area contributed by atoms with Crippen LogP contribution in [0.4, 0.5) is 0 Å². The van der Waals surface area contributed by atoms with E-state index < -0.39 is 0 Å². The number of imide groups is 2. The first-order chi connectivity index (χ1) is 21.9. The van der Waals surface area contributed by atoms with Crippen molar-refractivity contribution in [2.45, 2.75) is 128 Å². The van der Waals surface area contributed by atoms with Gasteiger partial charge < -0.3 is 10.6 Å². The lowest BCUT2D eigenvalue weighted by Crippen LogP contribution is -2.44. The van der Waals surface area contributed by atoms with Gasteiger partial charge in [0.05, 0.1) is 17.0 Å². The first kappa shape index (κ1) is 49.1. The Morgan fingerprint density at radius 2 is 1.09 bits per heavy atom. The van der Waals surface area contributed by atoms with E-state index in [0.29, 0.717) is 35.5 Å². The number of hydrogen-bond acceptors (Lipinski definition) is 10. The van der Waals surface area contributed by atoms with E-state index in [1.807, 2.05) is 69.2 Å². The molecular formula is C35H64N4O6S2. The molecule has 2 atom stereocenters. The number of thiol groups is 1. The maximum atomic E-state index is 12.2. The molecule has 47 heavy (non-hydrogen) atoms. The van der Waals surface area contributed by atoms with Crippen molar-refractivity contribution < 1.29 is 28.8 Å². The van der Waals surface area contributed by atoms with Crippen LogP contribution in [0.5, 0.6) is 0 Å². The molecule has 0 saturated carbocycles. The lowest BCUT2D eigenvalue weighted by molar-refractivity contribution is -0.138. The molecule has 0 aromatic rings. The van der Waals surface area contributed by atoms with Crippen LogP contribution < -0.4 is 10.6 Å². The van der Waals surface area contributed by atoms with Crippen LogP contribution in [-0.2, 0) is 28.8 Å². The predicted molar refractivity (Wildman–Crippen MR) is 199 cm³/mol. The molecule has 0 aromatic heterocycles. The molecule has 12 heteroatoms. The summed E-state index contributed by atoms with van der Waals surface area (Å²) in [5.41, 5.74) is 0. The Kier molecular flexibility index (Phi) is 28.9. The third kappa shape index (κ3) is 20.0. The minimum Gasteiger partial charge on any atom is -0.305 e. The molecule has 2 rings (SSSR count). The van der Waals surface area contributed by atoms with Crippen LogP contribution in [0.1, 0.15) is 103 Å². The number of rotatable bonds is 14. The maximum Gasteiger partial charge on any atom is 0.267 e. The number of carbonyl (C=O) groups is 6. The first-order valence-electron chi connectivity index (χ1n) is 16.9. The van der Waals surface area contributed by atoms with E-state index in [9.17, 15) is 28.8 Å². The van der Waals surface area contributed by atoms with E-state index in [1.165, 1.54) is 46.2 Å². The number of likely N-dealkylation sites (N-methyl/N-ethyl adjacent to an activating group) is 2. The van der Waals surface area contributed by atoms with Gasteiger partial charge in [-0.1, -0.05) is 89.5 Å². The molecule has 0 unspecified atom stereocenters. The standard InChI is InChI=1S/C15H24N2O3S.C9H19NOS.C6H7NO2.C3H8.C2H6/c1-6-17-13(18)7-12(15(17)20)21-8-11(16-10(4)5)14(19)9(2)3;1-6(2)9(11)8(5-12)10-7(3)4;1-2-7-5(8)3-4-6(7)9;1-3-2;1-2/h7,9-11,16H,6,8H2,1-5H3;6-8,10,12H,5H2,1-4H3;3-4H,2H2,1H3;3H2,1-2H3;1-2H3/t11-;8-;;;/m00.../s1. The average molecular weight is 701 g/mol. The van der Waals surface area contributed by atoms with E-state index in [1.54, 1.807) is 13.8 Å². The van der Waals surface area contributed by atoms with Crippen molar-refractivity contribution >= 4 is 59.6 Å². The summed E-state index contributed by atoms with van der Waals surface area (Å²) >= 11 is 5.42. The fourth-order valence-corrected chi connectivity index (χ4v) is 5.16. The number of Topliss-reactive ketones (excluding diaryl/α,β-unsaturated/α-hetero) is 2. The molecule has 2 aliphatic rings. The van der Waals surface area contributed by atoms with Crippen LogP contribution in [0.25, 0.3) is 0 Å². The fraction of sp³-hybridized carbons (Fsp3) is 0.714. The number of carbonyl (C=O) groups excluding carboxylic acids is 6. The third-order valence-electron chi connectivity index (χ3n) is 5.99. The molecule has 0 fully saturated rings. The van der Waals surface area contributed by atoms with Gasteiger partial charge in [-0.15, -0.1) is 11.8 Å². The molecular weight excluding hydrogens is 637 g/mol. The molecule has 2 aliphatic heterocycles. The average Bonchev–Trinajstić information content (AvgIpc) is 3.49. The van der Waals surface area contributed by atoms with Crippen LogP contribution >= 0.6 is 24.4 Å². The van der Waals surface area contributed by atoms with Gasteiger partial charge in [0.15, 0.2) is 11.6 Å². The Balaban J connectivity index is -0.000000628. The van der Waals surface area contributed by atoms with Gasteiger partial charge in [0.1, 0.15) is 0 Å². The van der Waals surface area contributed by atoms with Gasteiger partial charge in [-0.2, -0.15) is 12.6 Å². The van der Waals surface area contributed by atoms with E-state index >= 15 is 0 Å². The smallest absolute Gasteiger partial charge is 0.267 e. The summed E-state index contributed by atoms with van der Waals surface area (Å²) in [5.74, 6) is 0.496. The Labute approximate surface area is 295 Å². The van der Waals surface area contributed by atoms with Gasteiger partial charge in [-0.3, -0.25) is 38.6 Å².